The molecule has 1 aliphatic rings. The van der Waals surface area contributed by atoms with Crippen molar-refractivity contribution in [1.82, 2.24) is 19.8 Å². The van der Waals surface area contributed by atoms with E-state index in [-0.39, 0.29) is 5.91 Å². The SMILES string of the molecule is CCN(C(=O)CNCCn1ccnc1)C1CC1. The molecule has 0 saturated heterocycles. The number of carbonyl (C=O) groups excluding carboxylic acids is 1. The van der Waals surface area contributed by atoms with Crippen molar-refractivity contribution in [3.63, 3.8) is 0 Å². The number of aromatic nitrogens is 2. The Kier molecular flexibility index (Phi) is 4.14. The van der Waals surface area contributed by atoms with Crippen LogP contribution in [0.4, 0.5) is 0 Å². The molecule has 1 aliphatic carbocycles. The van der Waals surface area contributed by atoms with Crippen LogP contribution in [0.25, 0.3) is 0 Å². The average molecular weight is 236 g/mol. The lowest BCUT2D eigenvalue weighted by molar-refractivity contribution is -0.130. The zero-order valence-electron chi connectivity index (χ0n) is 10.3. The van der Waals surface area contributed by atoms with Gasteiger partial charge in [-0.3, -0.25) is 4.79 Å². The largest absolute Gasteiger partial charge is 0.339 e. The maximum Gasteiger partial charge on any atom is 0.236 e. The molecule has 0 aliphatic heterocycles. The molecule has 1 fully saturated rings. The van der Waals surface area contributed by atoms with Crippen LogP contribution in [0.2, 0.25) is 0 Å². The molecule has 0 unspecified atom stereocenters. The molecule has 1 aromatic heterocycles. The van der Waals surface area contributed by atoms with Gasteiger partial charge in [0.15, 0.2) is 0 Å². The Morgan fingerprint density at radius 2 is 2.41 bits per heavy atom. The molecule has 1 heterocycles. The first kappa shape index (κ1) is 12.1. The highest BCUT2D eigenvalue weighted by molar-refractivity contribution is 5.78. The molecular weight excluding hydrogens is 216 g/mol. The van der Waals surface area contributed by atoms with Gasteiger partial charge in [0.1, 0.15) is 0 Å². The molecule has 0 radical (unpaired) electrons. The van der Waals surface area contributed by atoms with Gasteiger partial charge >= 0.3 is 0 Å². The quantitative estimate of drug-likeness (QED) is 0.701. The lowest BCUT2D eigenvalue weighted by Crippen LogP contribution is -2.40. The normalized spacial score (nSPS) is 14.9. The minimum Gasteiger partial charge on any atom is -0.339 e. The van der Waals surface area contributed by atoms with Crippen molar-refractivity contribution in [3.8, 4) is 0 Å². The molecule has 0 spiro atoms. The second-order valence-corrected chi connectivity index (χ2v) is 4.39. The van der Waals surface area contributed by atoms with Crippen molar-refractivity contribution in [3.05, 3.63) is 18.7 Å². The van der Waals surface area contributed by atoms with Gasteiger partial charge in [0.2, 0.25) is 5.91 Å². The summed E-state index contributed by atoms with van der Waals surface area (Å²) >= 11 is 0. The number of carbonyl (C=O) groups is 1. The fourth-order valence-corrected chi connectivity index (χ4v) is 1.95. The van der Waals surface area contributed by atoms with Gasteiger partial charge in [-0.2, -0.15) is 0 Å². The van der Waals surface area contributed by atoms with Gasteiger partial charge in [-0.1, -0.05) is 0 Å². The lowest BCUT2D eigenvalue weighted by atomic mass is 10.4. The Morgan fingerprint density at radius 3 is 3.00 bits per heavy atom. The number of likely N-dealkylation sites (N-methyl/N-ethyl adjacent to an activating group) is 1. The third-order valence-electron chi connectivity index (χ3n) is 3.03. The number of hydrogen-bond acceptors (Lipinski definition) is 3. The van der Waals surface area contributed by atoms with E-state index in [0.717, 1.165) is 19.6 Å². The number of imidazole rings is 1. The summed E-state index contributed by atoms with van der Waals surface area (Å²) in [4.78, 5) is 17.8. The molecule has 94 valence electrons. The second kappa shape index (κ2) is 5.82. The van der Waals surface area contributed by atoms with Crippen LogP contribution < -0.4 is 5.32 Å². The summed E-state index contributed by atoms with van der Waals surface area (Å²) in [6.07, 6.45) is 7.82. The van der Waals surface area contributed by atoms with Gasteiger partial charge in [0.05, 0.1) is 12.9 Å². The van der Waals surface area contributed by atoms with Crippen molar-refractivity contribution in [1.29, 1.82) is 0 Å². The minimum atomic E-state index is 0.223. The fraction of sp³-hybridized carbons (Fsp3) is 0.667. The number of amides is 1. The molecule has 5 heteroatoms. The van der Waals surface area contributed by atoms with Crippen LogP contribution in [0.15, 0.2) is 18.7 Å². The minimum absolute atomic E-state index is 0.223. The Bertz CT molecular complexity index is 345. The molecule has 1 saturated carbocycles. The molecule has 1 N–H and O–H groups in total. The topological polar surface area (TPSA) is 50.2 Å². The first-order chi connectivity index (χ1) is 8.31. The Labute approximate surface area is 102 Å². The maximum absolute atomic E-state index is 11.9. The predicted octanol–water partition coefficient (Wildman–Crippen LogP) is 0.484. The number of nitrogens with zero attached hydrogens (tertiary/aromatic N) is 3. The molecule has 1 amide bonds. The van der Waals surface area contributed by atoms with E-state index >= 15 is 0 Å². The van der Waals surface area contributed by atoms with Gasteiger partial charge in [-0.05, 0) is 19.8 Å². The summed E-state index contributed by atoms with van der Waals surface area (Å²) in [6.45, 7) is 4.96. The summed E-state index contributed by atoms with van der Waals surface area (Å²) in [5.74, 6) is 0.223. The molecule has 17 heavy (non-hydrogen) atoms. The number of rotatable bonds is 7. The van der Waals surface area contributed by atoms with Gasteiger partial charge in [-0.25, -0.2) is 4.98 Å². The van der Waals surface area contributed by atoms with Crippen LogP contribution in [-0.2, 0) is 11.3 Å². The highest BCUT2D eigenvalue weighted by Crippen LogP contribution is 2.26. The Morgan fingerprint density at radius 1 is 1.59 bits per heavy atom. The first-order valence-electron chi connectivity index (χ1n) is 6.27. The fourth-order valence-electron chi connectivity index (χ4n) is 1.95. The summed E-state index contributed by atoms with van der Waals surface area (Å²) in [6, 6.07) is 0.517. The average Bonchev–Trinajstić information content (AvgIpc) is 3.02. The van der Waals surface area contributed by atoms with Crippen molar-refractivity contribution in [2.24, 2.45) is 0 Å². The van der Waals surface area contributed by atoms with Crippen molar-refractivity contribution >= 4 is 5.91 Å². The first-order valence-corrected chi connectivity index (χ1v) is 6.27. The molecule has 0 bridgehead atoms. The summed E-state index contributed by atoms with van der Waals surface area (Å²) < 4.78 is 2.00. The summed E-state index contributed by atoms with van der Waals surface area (Å²) in [5.41, 5.74) is 0. The molecule has 2 rings (SSSR count). The van der Waals surface area contributed by atoms with Crippen LogP contribution >= 0.6 is 0 Å². The third-order valence-corrected chi connectivity index (χ3v) is 3.03. The second-order valence-electron chi connectivity index (χ2n) is 4.39. The van der Waals surface area contributed by atoms with Gasteiger partial charge in [0, 0.05) is 38.1 Å². The Hall–Kier alpha value is -1.36. The highest BCUT2D eigenvalue weighted by Gasteiger charge is 2.30. The third kappa shape index (κ3) is 3.56. The lowest BCUT2D eigenvalue weighted by Gasteiger charge is -2.20. The van der Waals surface area contributed by atoms with Crippen LogP contribution in [0.5, 0.6) is 0 Å². The van der Waals surface area contributed by atoms with Crippen LogP contribution in [0.1, 0.15) is 19.8 Å². The van der Waals surface area contributed by atoms with Crippen LogP contribution in [-0.4, -0.2) is 46.0 Å². The van der Waals surface area contributed by atoms with E-state index in [1.165, 1.54) is 12.8 Å². The number of hydrogen-bond donors (Lipinski definition) is 1. The van der Waals surface area contributed by atoms with E-state index in [1.54, 1.807) is 12.5 Å². The van der Waals surface area contributed by atoms with E-state index in [0.29, 0.717) is 12.6 Å². The standard InChI is InChI=1S/C12H20N4O/c1-2-16(11-3-4-11)12(17)9-13-5-7-15-8-6-14-10-15/h6,8,10-11,13H,2-5,7,9H2,1H3. The zero-order valence-corrected chi connectivity index (χ0v) is 10.3. The van der Waals surface area contributed by atoms with E-state index in [4.69, 9.17) is 0 Å². The van der Waals surface area contributed by atoms with Crippen molar-refractivity contribution in [2.45, 2.75) is 32.4 Å². The van der Waals surface area contributed by atoms with E-state index in [1.807, 2.05) is 22.6 Å². The van der Waals surface area contributed by atoms with Gasteiger partial charge in [-0.15, -0.1) is 0 Å². The van der Waals surface area contributed by atoms with E-state index in [9.17, 15) is 4.79 Å². The molecule has 0 aromatic carbocycles. The van der Waals surface area contributed by atoms with Gasteiger partial charge in [0.25, 0.3) is 0 Å². The summed E-state index contributed by atoms with van der Waals surface area (Å²) in [5, 5.41) is 3.18. The van der Waals surface area contributed by atoms with E-state index < -0.39 is 0 Å². The highest BCUT2D eigenvalue weighted by atomic mass is 16.2. The van der Waals surface area contributed by atoms with Gasteiger partial charge < -0.3 is 14.8 Å². The molecule has 0 atom stereocenters. The van der Waals surface area contributed by atoms with E-state index in [2.05, 4.69) is 10.3 Å². The predicted molar refractivity (Wildman–Crippen MR) is 65.5 cm³/mol. The Balaban J connectivity index is 1.62. The molecule has 1 aromatic rings. The smallest absolute Gasteiger partial charge is 0.236 e. The molecule has 5 nitrogen and oxygen atoms in total. The number of nitrogens with one attached hydrogen (secondary N) is 1. The monoisotopic (exact) mass is 236 g/mol. The van der Waals surface area contributed by atoms with Crippen LogP contribution in [0, 0.1) is 0 Å². The van der Waals surface area contributed by atoms with Crippen molar-refractivity contribution < 1.29 is 4.79 Å². The van der Waals surface area contributed by atoms with Crippen molar-refractivity contribution in [2.75, 3.05) is 19.6 Å². The summed E-state index contributed by atoms with van der Waals surface area (Å²) in [7, 11) is 0. The van der Waals surface area contributed by atoms with Crippen LogP contribution in [0.3, 0.4) is 0 Å². The molecular formula is C12H20N4O. The maximum atomic E-state index is 11.9. The zero-order chi connectivity index (χ0) is 12.1.